The minimum Gasteiger partial charge on any atom is -0.508 e. The second kappa shape index (κ2) is 14.7. The van der Waals surface area contributed by atoms with Crippen molar-refractivity contribution in [3.8, 4) is 5.75 Å². The quantitative estimate of drug-likeness (QED) is 0.141. The number of amides is 3. The Balaban J connectivity index is 2.83. The van der Waals surface area contributed by atoms with Crippen LogP contribution in [0.1, 0.15) is 18.9 Å². The Labute approximate surface area is 207 Å². The molecule has 11 nitrogen and oxygen atoms in total. The fourth-order valence-corrected chi connectivity index (χ4v) is 3.60. The molecule has 0 saturated carbocycles. The number of aliphatic hydroxyl groups excluding tert-OH is 1. The Morgan fingerprint density at radius 2 is 1.59 bits per heavy atom. The lowest BCUT2D eigenvalue weighted by Crippen LogP contribution is -2.59. The van der Waals surface area contributed by atoms with E-state index in [1.54, 1.807) is 12.1 Å². The number of nitrogens with one attached hydrogen (secondary N) is 3. The molecule has 0 saturated heterocycles. The lowest BCUT2D eigenvalue weighted by molar-refractivity contribution is -0.145. The van der Waals surface area contributed by atoms with Gasteiger partial charge in [0.05, 0.1) is 12.1 Å². The van der Waals surface area contributed by atoms with Crippen LogP contribution in [0.25, 0.3) is 0 Å². The average molecular weight is 517 g/mol. The van der Waals surface area contributed by atoms with Crippen LogP contribution in [0.3, 0.4) is 0 Å². The predicted octanol–water partition coefficient (Wildman–Crippen LogP) is -1.14. The second-order valence-electron chi connectivity index (χ2n) is 7.63. The van der Waals surface area contributed by atoms with E-state index in [9.17, 15) is 29.4 Å². The van der Waals surface area contributed by atoms with Crippen LogP contribution in [-0.2, 0) is 25.6 Å². The summed E-state index contributed by atoms with van der Waals surface area (Å²) < 4.78 is 0. The number of aliphatic carboxylic acids is 1. The molecular formula is C21H32N4O7S2. The fraction of sp³-hybridized carbons (Fsp3) is 0.524. The highest BCUT2D eigenvalue weighted by Gasteiger charge is 2.31. The summed E-state index contributed by atoms with van der Waals surface area (Å²) in [5.74, 6) is -3.02. The third kappa shape index (κ3) is 9.79. The molecule has 3 amide bonds. The molecule has 8 N–H and O–H groups in total. The molecule has 0 spiro atoms. The van der Waals surface area contributed by atoms with E-state index in [-0.39, 0.29) is 24.3 Å². The number of aliphatic hydroxyl groups is 1. The van der Waals surface area contributed by atoms with Gasteiger partial charge in [0.2, 0.25) is 17.7 Å². The van der Waals surface area contributed by atoms with Gasteiger partial charge in [0.25, 0.3) is 0 Å². The summed E-state index contributed by atoms with van der Waals surface area (Å²) in [4.78, 5) is 49.1. The van der Waals surface area contributed by atoms with Gasteiger partial charge in [-0.1, -0.05) is 12.1 Å². The zero-order valence-electron chi connectivity index (χ0n) is 18.9. The first-order valence-electron chi connectivity index (χ1n) is 10.4. The van der Waals surface area contributed by atoms with Gasteiger partial charge in [-0.15, -0.1) is 0 Å². The molecule has 0 aliphatic carbocycles. The van der Waals surface area contributed by atoms with Gasteiger partial charge in [-0.05, 0) is 49.5 Å². The number of thiol groups is 1. The molecule has 0 radical (unpaired) electrons. The van der Waals surface area contributed by atoms with Crippen molar-refractivity contribution in [3.05, 3.63) is 29.8 Å². The van der Waals surface area contributed by atoms with E-state index < -0.39 is 54.0 Å². The molecule has 1 aromatic carbocycles. The molecule has 190 valence electrons. The zero-order chi connectivity index (χ0) is 25.8. The highest BCUT2D eigenvalue weighted by molar-refractivity contribution is 7.98. The number of carboxylic acids is 1. The van der Waals surface area contributed by atoms with Gasteiger partial charge in [-0.3, -0.25) is 14.4 Å². The minimum atomic E-state index is -1.56. The maximum Gasteiger partial charge on any atom is 0.328 e. The number of benzene rings is 1. The zero-order valence-corrected chi connectivity index (χ0v) is 20.6. The van der Waals surface area contributed by atoms with Crippen LogP contribution >= 0.6 is 24.4 Å². The number of carbonyl (C=O) groups is 4. The summed E-state index contributed by atoms with van der Waals surface area (Å²) in [5.41, 5.74) is 6.71. The summed E-state index contributed by atoms with van der Waals surface area (Å²) in [5, 5.41) is 35.3. The van der Waals surface area contributed by atoms with Crippen molar-refractivity contribution in [1.82, 2.24) is 16.0 Å². The highest BCUT2D eigenvalue weighted by atomic mass is 32.2. The van der Waals surface area contributed by atoms with Crippen molar-refractivity contribution in [1.29, 1.82) is 0 Å². The molecule has 0 heterocycles. The smallest absolute Gasteiger partial charge is 0.328 e. The molecule has 0 aliphatic rings. The van der Waals surface area contributed by atoms with Crippen molar-refractivity contribution in [3.63, 3.8) is 0 Å². The number of rotatable bonds is 14. The maximum absolute atomic E-state index is 12.8. The summed E-state index contributed by atoms with van der Waals surface area (Å²) in [6.45, 7) is 1.21. The van der Waals surface area contributed by atoms with Crippen molar-refractivity contribution in [2.45, 2.75) is 50.0 Å². The molecule has 1 aromatic rings. The summed E-state index contributed by atoms with van der Waals surface area (Å²) in [6.07, 6.45) is 0.915. The van der Waals surface area contributed by atoms with Crippen LogP contribution < -0.4 is 21.7 Å². The average Bonchev–Trinajstić information content (AvgIpc) is 2.78. The maximum atomic E-state index is 12.8. The molecule has 34 heavy (non-hydrogen) atoms. The minimum absolute atomic E-state index is 0.0847. The van der Waals surface area contributed by atoms with E-state index in [0.717, 1.165) is 5.56 Å². The molecule has 1 rings (SSSR count). The van der Waals surface area contributed by atoms with Crippen LogP contribution in [0, 0.1) is 0 Å². The second-order valence-corrected chi connectivity index (χ2v) is 8.98. The van der Waals surface area contributed by atoms with Gasteiger partial charge in [-0.2, -0.15) is 24.4 Å². The normalized spacial score (nSPS) is 15.3. The molecular weight excluding hydrogens is 484 g/mol. The number of phenols is 1. The van der Waals surface area contributed by atoms with Gasteiger partial charge in [0.15, 0.2) is 6.04 Å². The largest absolute Gasteiger partial charge is 0.508 e. The van der Waals surface area contributed by atoms with Crippen molar-refractivity contribution < 1.29 is 34.5 Å². The number of phenolic OH excluding ortho intramolecular Hbond substituents is 1. The van der Waals surface area contributed by atoms with Crippen molar-refractivity contribution in [2.75, 3.05) is 17.8 Å². The van der Waals surface area contributed by atoms with E-state index in [1.165, 1.54) is 30.8 Å². The predicted molar refractivity (Wildman–Crippen MR) is 132 cm³/mol. The number of nitrogens with two attached hydrogens (primary N) is 1. The number of hydrogen-bond donors (Lipinski definition) is 8. The lowest BCUT2D eigenvalue weighted by atomic mass is 10.0. The molecule has 0 bridgehead atoms. The first-order chi connectivity index (χ1) is 16.0. The van der Waals surface area contributed by atoms with E-state index in [2.05, 4.69) is 28.6 Å². The number of thioether (sulfide) groups is 1. The lowest BCUT2D eigenvalue weighted by Gasteiger charge is -2.25. The number of carboxylic acid groups (broad SMARTS) is 1. The molecule has 5 atom stereocenters. The van der Waals surface area contributed by atoms with Crippen LogP contribution in [0.2, 0.25) is 0 Å². The molecule has 0 aromatic heterocycles. The Hall–Kier alpha value is -2.48. The Bertz CT molecular complexity index is 839. The third-order valence-corrected chi connectivity index (χ3v) is 5.84. The monoisotopic (exact) mass is 516 g/mol. The topological polar surface area (TPSA) is 191 Å². The van der Waals surface area contributed by atoms with Gasteiger partial charge in [0, 0.05) is 5.75 Å². The summed E-state index contributed by atoms with van der Waals surface area (Å²) in [6, 6.07) is 1.51. The van der Waals surface area contributed by atoms with Gasteiger partial charge in [-0.25, -0.2) is 4.79 Å². The molecule has 0 fully saturated rings. The summed E-state index contributed by atoms with van der Waals surface area (Å²) >= 11 is 5.50. The number of aromatic hydroxyl groups is 1. The number of carbonyl (C=O) groups excluding carboxylic acids is 3. The fourth-order valence-electron chi connectivity index (χ4n) is 2.87. The van der Waals surface area contributed by atoms with E-state index in [1.807, 2.05) is 6.26 Å². The highest BCUT2D eigenvalue weighted by Crippen LogP contribution is 2.11. The van der Waals surface area contributed by atoms with Crippen LogP contribution in [0.4, 0.5) is 0 Å². The first-order valence-corrected chi connectivity index (χ1v) is 12.5. The van der Waals surface area contributed by atoms with Crippen molar-refractivity contribution in [2.24, 2.45) is 5.73 Å². The van der Waals surface area contributed by atoms with Gasteiger partial charge < -0.3 is 37.0 Å². The SMILES string of the molecule is CSCCC(NC(=O)C(N)Cc1ccc(O)cc1)C(=O)NC(CS)C(=O)NC(C(=O)O)C(C)O. The molecule has 5 unspecified atom stereocenters. The first kappa shape index (κ1) is 29.6. The Morgan fingerprint density at radius 3 is 2.09 bits per heavy atom. The Kier molecular flexibility index (Phi) is 12.8. The molecule has 13 heteroatoms. The van der Waals surface area contributed by atoms with Crippen LogP contribution in [0.15, 0.2) is 24.3 Å². The summed E-state index contributed by atoms with van der Waals surface area (Å²) in [7, 11) is 0. The van der Waals surface area contributed by atoms with Gasteiger partial charge >= 0.3 is 5.97 Å². The molecule has 0 aliphatic heterocycles. The van der Waals surface area contributed by atoms with Gasteiger partial charge in [0.1, 0.15) is 17.8 Å². The standard InChI is InChI=1S/C21H32N4O7S2/c1-11(26)17(21(31)32)25-20(30)16(10-33)24-19(29)15(7-8-34-2)23-18(28)14(22)9-12-3-5-13(27)6-4-12/h3-6,11,14-17,26-27,33H,7-10,22H2,1-2H3,(H,23,28)(H,24,29)(H,25,30)(H,31,32). The third-order valence-electron chi connectivity index (χ3n) is 4.83. The van der Waals surface area contributed by atoms with E-state index in [4.69, 9.17) is 10.8 Å². The van der Waals surface area contributed by atoms with Crippen LogP contribution in [0.5, 0.6) is 5.75 Å². The Morgan fingerprint density at radius 1 is 1.03 bits per heavy atom. The number of hydrogen-bond acceptors (Lipinski definition) is 9. The van der Waals surface area contributed by atoms with E-state index >= 15 is 0 Å². The van der Waals surface area contributed by atoms with E-state index in [0.29, 0.717) is 5.75 Å². The van der Waals surface area contributed by atoms with Crippen molar-refractivity contribution >= 4 is 48.1 Å². The van der Waals surface area contributed by atoms with Crippen LogP contribution in [-0.4, -0.2) is 87.0 Å².